The monoisotopic (exact) mass is 234 g/mol. The predicted octanol–water partition coefficient (Wildman–Crippen LogP) is 3.56. The topological polar surface area (TPSA) is 57.5 Å². The highest BCUT2D eigenvalue weighted by molar-refractivity contribution is 5.62. The third-order valence-electron chi connectivity index (χ3n) is 1.02. The smallest absolute Gasteiger partial charge is 0.300 e. The van der Waals surface area contributed by atoms with Crippen molar-refractivity contribution < 1.29 is 15.0 Å². The van der Waals surface area contributed by atoms with E-state index in [1.807, 2.05) is 0 Å². The van der Waals surface area contributed by atoms with Crippen molar-refractivity contribution in [3.05, 3.63) is 0 Å². The van der Waals surface area contributed by atoms with Crippen LogP contribution in [0.1, 0.15) is 61.8 Å². The van der Waals surface area contributed by atoms with E-state index in [9.17, 15) is 0 Å². The summed E-state index contributed by atoms with van der Waals surface area (Å²) in [7, 11) is 0. The summed E-state index contributed by atoms with van der Waals surface area (Å²) in [5.74, 6) is 0.00926. The molecule has 0 aliphatic carbocycles. The number of hydrogen-bond donors (Lipinski definition) is 2. The van der Waals surface area contributed by atoms with Gasteiger partial charge in [-0.2, -0.15) is 0 Å². The van der Waals surface area contributed by atoms with Crippen molar-refractivity contribution in [3.8, 4) is 0 Å². The Morgan fingerprint density at radius 1 is 1.12 bits per heavy atom. The lowest BCUT2D eigenvalue weighted by molar-refractivity contribution is -0.134. The molecule has 2 N–H and O–H groups in total. The standard InChI is InChI=1S/C8H18.C3H8O.C2H4O2/c1-7(2)6-8(3,4)5;1-3(2)4;1-2(3)4/h7H,6H2,1-5H3;3-4H,1-2H3;1H3,(H,3,4). The van der Waals surface area contributed by atoms with E-state index in [0.717, 1.165) is 12.8 Å². The molecular formula is C13H30O3. The van der Waals surface area contributed by atoms with Crippen molar-refractivity contribution in [1.29, 1.82) is 0 Å². The number of aliphatic hydroxyl groups is 1. The van der Waals surface area contributed by atoms with Gasteiger partial charge in [-0.25, -0.2) is 0 Å². The van der Waals surface area contributed by atoms with E-state index in [1.165, 1.54) is 6.42 Å². The first-order chi connectivity index (χ1) is 6.88. The molecule has 0 saturated carbocycles. The second-order valence-electron chi connectivity index (χ2n) is 5.77. The lowest BCUT2D eigenvalue weighted by Gasteiger charge is -2.19. The molecule has 0 heterocycles. The van der Waals surface area contributed by atoms with Crippen molar-refractivity contribution in [2.45, 2.75) is 67.9 Å². The average molecular weight is 234 g/mol. The largest absolute Gasteiger partial charge is 0.481 e. The molecule has 0 aromatic carbocycles. The fraction of sp³-hybridized carbons (Fsp3) is 0.923. The van der Waals surface area contributed by atoms with Crippen molar-refractivity contribution in [2.24, 2.45) is 11.3 Å². The van der Waals surface area contributed by atoms with E-state index in [1.54, 1.807) is 13.8 Å². The highest BCUT2D eigenvalue weighted by atomic mass is 16.4. The third-order valence-corrected chi connectivity index (χ3v) is 1.02. The summed E-state index contributed by atoms with van der Waals surface area (Å²) >= 11 is 0. The molecule has 0 saturated heterocycles. The Bertz CT molecular complexity index is 148. The number of aliphatic carboxylic acids is 1. The molecule has 0 aliphatic heterocycles. The van der Waals surface area contributed by atoms with Crippen LogP contribution in [0.4, 0.5) is 0 Å². The molecule has 0 spiro atoms. The summed E-state index contributed by atoms with van der Waals surface area (Å²) in [6.07, 6.45) is 1.16. The molecular weight excluding hydrogens is 204 g/mol. The van der Waals surface area contributed by atoms with Gasteiger partial charge in [0.1, 0.15) is 0 Å². The highest BCUT2D eigenvalue weighted by Gasteiger charge is 2.11. The Morgan fingerprint density at radius 2 is 1.31 bits per heavy atom. The SMILES string of the molecule is CC(=O)O.CC(C)CC(C)(C)C.CC(C)O. The van der Waals surface area contributed by atoms with E-state index < -0.39 is 5.97 Å². The quantitative estimate of drug-likeness (QED) is 0.729. The van der Waals surface area contributed by atoms with Gasteiger partial charge < -0.3 is 10.2 Å². The molecule has 3 nitrogen and oxygen atoms in total. The molecule has 0 fully saturated rings. The van der Waals surface area contributed by atoms with E-state index in [0.29, 0.717) is 5.41 Å². The molecule has 3 heteroatoms. The van der Waals surface area contributed by atoms with Crippen LogP contribution >= 0.6 is 0 Å². The number of carboxylic acids is 1. The van der Waals surface area contributed by atoms with E-state index in [2.05, 4.69) is 34.6 Å². The Balaban J connectivity index is -0.000000179. The zero-order chi connectivity index (χ0) is 13.9. The van der Waals surface area contributed by atoms with Gasteiger partial charge in [0, 0.05) is 13.0 Å². The maximum atomic E-state index is 9.00. The first-order valence-electron chi connectivity index (χ1n) is 5.76. The van der Waals surface area contributed by atoms with Gasteiger partial charge in [-0.3, -0.25) is 4.79 Å². The molecule has 0 bridgehead atoms. The fourth-order valence-corrected chi connectivity index (χ4v) is 1.22. The minimum absolute atomic E-state index is 0.167. The molecule has 0 unspecified atom stereocenters. The first kappa shape index (κ1) is 20.8. The number of rotatable bonds is 1. The number of aliphatic hydroxyl groups excluding tert-OH is 1. The Kier molecular flexibility index (Phi) is 14.2. The van der Waals surface area contributed by atoms with Crippen LogP contribution in [0.3, 0.4) is 0 Å². The second kappa shape index (κ2) is 10.9. The maximum absolute atomic E-state index is 9.00. The Hall–Kier alpha value is -0.570. The molecule has 0 amide bonds. The van der Waals surface area contributed by atoms with Crippen LogP contribution in [0.5, 0.6) is 0 Å². The average Bonchev–Trinajstić information content (AvgIpc) is 1.74. The van der Waals surface area contributed by atoms with Crippen LogP contribution in [0.25, 0.3) is 0 Å². The van der Waals surface area contributed by atoms with Crippen molar-refractivity contribution >= 4 is 5.97 Å². The lowest BCUT2D eigenvalue weighted by Crippen LogP contribution is -2.08. The molecule has 0 aromatic rings. The molecule has 0 aromatic heterocycles. The summed E-state index contributed by atoms with van der Waals surface area (Å²) in [5.41, 5.74) is 0.522. The Labute approximate surface area is 101 Å². The van der Waals surface area contributed by atoms with Crippen LogP contribution < -0.4 is 0 Å². The molecule has 100 valence electrons. The van der Waals surface area contributed by atoms with E-state index >= 15 is 0 Å². The van der Waals surface area contributed by atoms with E-state index in [-0.39, 0.29) is 6.10 Å². The van der Waals surface area contributed by atoms with Gasteiger partial charge >= 0.3 is 0 Å². The first-order valence-corrected chi connectivity index (χ1v) is 5.76. The van der Waals surface area contributed by atoms with Gasteiger partial charge in [0.2, 0.25) is 0 Å². The molecule has 0 aliphatic rings. The zero-order valence-electron chi connectivity index (χ0n) is 12.2. The Morgan fingerprint density at radius 3 is 1.31 bits per heavy atom. The van der Waals surface area contributed by atoms with E-state index in [4.69, 9.17) is 15.0 Å². The minimum Gasteiger partial charge on any atom is -0.481 e. The van der Waals surface area contributed by atoms with Crippen LogP contribution in [-0.4, -0.2) is 22.3 Å². The third kappa shape index (κ3) is 106. The van der Waals surface area contributed by atoms with Gasteiger partial charge in [0.15, 0.2) is 0 Å². The highest BCUT2D eigenvalue weighted by Crippen LogP contribution is 2.23. The van der Waals surface area contributed by atoms with Crippen molar-refractivity contribution in [1.82, 2.24) is 0 Å². The summed E-state index contributed by atoms with van der Waals surface area (Å²) in [5, 5.41) is 15.5. The summed E-state index contributed by atoms with van der Waals surface area (Å²) < 4.78 is 0. The van der Waals surface area contributed by atoms with Gasteiger partial charge in [0.05, 0.1) is 0 Å². The minimum atomic E-state index is -0.833. The molecule has 0 radical (unpaired) electrons. The molecule has 16 heavy (non-hydrogen) atoms. The van der Waals surface area contributed by atoms with Gasteiger partial charge in [-0.15, -0.1) is 0 Å². The predicted molar refractivity (Wildman–Crippen MR) is 69.6 cm³/mol. The number of carbonyl (C=O) groups is 1. The second-order valence-corrected chi connectivity index (χ2v) is 5.77. The fourth-order valence-electron chi connectivity index (χ4n) is 1.22. The van der Waals surface area contributed by atoms with Crippen molar-refractivity contribution in [3.63, 3.8) is 0 Å². The lowest BCUT2D eigenvalue weighted by atomic mass is 9.86. The molecule has 0 atom stereocenters. The van der Waals surface area contributed by atoms with Crippen LogP contribution in [-0.2, 0) is 4.79 Å². The summed E-state index contributed by atoms with van der Waals surface area (Å²) in [4.78, 5) is 9.00. The van der Waals surface area contributed by atoms with Crippen molar-refractivity contribution in [2.75, 3.05) is 0 Å². The zero-order valence-corrected chi connectivity index (χ0v) is 12.2. The van der Waals surface area contributed by atoms with Gasteiger partial charge in [-0.1, -0.05) is 34.6 Å². The maximum Gasteiger partial charge on any atom is 0.300 e. The normalized spacial score (nSPS) is 10.2. The molecule has 0 rings (SSSR count). The summed E-state index contributed by atoms with van der Waals surface area (Å²) in [6, 6.07) is 0. The number of hydrogen-bond acceptors (Lipinski definition) is 2. The van der Waals surface area contributed by atoms with Gasteiger partial charge in [-0.05, 0) is 31.6 Å². The van der Waals surface area contributed by atoms with Crippen LogP contribution in [0.2, 0.25) is 0 Å². The van der Waals surface area contributed by atoms with Gasteiger partial charge in [0.25, 0.3) is 5.97 Å². The van der Waals surface area contributed by atoms with Crippen LogP contribution in [0.15, 0.2) is 0 Å². The summed E-state index contributed by atoms with van der Waals surface area (Å²) in [6.45, 7) is 15.9. The van der Waals surface area contributed by atoms with Crippen LogP contribution in [0, 0.1) is 11.3 Å². The number of carboxylic acid groups (broad SMARTS) is 1.